The van der Waals surface area contributed by atoms with E-state index in [-0.39, 0.29) is 11.9 Å². The highest BCUT2D eigenvalue weighted by molar-refractivity contribution is 5.21. The van der Waals surface area contributed by atoms with E-state index in [1.165, 1.54) is 6.07 Å². The minimum absolute atomic E-state index is 0.0288. The Morgan fingerprint density at radius 3 is 2.72 bits per heavy atom. The molecule has 0 bridgehead atoms. The highest BCUT2D eigenvalue weighted by Crippen LogP contribution is 2.20. The minimum atomic E-state index is -0.151. The van der Waals surface area contributed by atoms with Gasteiger partial charge in [-0.15, -0.1) is 0 Å². The molecular formula is C14H18FN3. The van der Waals surface area contributed by atoms with E-state index in [0.29, 0.717) is 6.54 Å². The fourth-order valence-corrected chi connectivity index (χ4v) is 2.03. The monoisotopic (exact) mass is 247 g/mol. The number of nitrogens with zero attached hydrogens (tertiary/aromatic N) is 2. The summed E-state index contributed by atoms with van der Waals surface area (Å²) in [7, 11) is 1.90. The predicted molar refractivity (Wildman–Crippen MR) is 69.5 cm³/mol. The van der Waals surface area contributed by atoms with Gasteiger partial charge in [0, 0.05) is 31.4 Å². The van der Waals surface area contributed by atoms with Crippen molar-refractivity contribution in [2.45, 2.75) is 25.9 Å². The Hall–Kier alpha value is -1.68. The van der Waals surface area contributed by atoms with Crippen molar-refractivity contribution in [3.8, 4) is 0 Å². The average Bonchev–Trinajstić information content (AvgIpc) is 2.78. The molecule has 0 aliphatic rings. The first-order valence-electron chi connectivity index (χ1n) is 6.17. The summed E-state index contributed by atoms with van der Waals surface area (Å²) in [5.41, 5.74) is 1.81. The first-order valence-corrected chi connectivity index (χ1v) is 6.17. The standard InChI is InChI=1S/C14H18FN3/c1-3-14(12-6-4-5-7-13(12)15)16-10-11-8-9-17-18(11)2/h4-9,14,16H,3,10H2,1-2H3/t14-/m0/s1. The summed E-state index contributed by atoms with van der Waals surface area (Å²) >= 11 is 0. The molecule has 96 valence electrons. The van der Waals surface area contributed by atoms with Gasteiger partial charge in [0.1, 0.15) is 5.82 Å². The van der Waals surface area contributed by atoms with Crippen LogP contribution < -0.4 is 5.32 Å². The molecule has 0 aliphatic heterocycles. The second-order valence-electron chi connectivity index (χ2n) is 4.31. The lowest BCUT2D eigenvalue weighted by Crippen LogP contribution is -2.22. The van der Waals surface area contributed by atoms with Crippen LogP contribution in [0.3, 0.4) is 0 Å². The number of hydrogen-bond donors (Lipinski definition) is 1. The molecule has 18 heavy (non-hydrogen) atoms. The topological polar surface area (TPSA) is 29.9 Å². The van der Waals surface area contributed by atoms with Crippen LogP contribution in [-0.2, 0) is 13.6 Å². The lowest BCUT2D eigenvalue weighted by atomic mass is 10.0. The number of benzene rings is 1. The SMILES string of the molecule is CC[C@H](NCc1ccnn1C)c1ccccc1F. The van der Waals surface area contributed by atoms with Crippen LogP contribution in [0.4, 0.5) is 4.39 Å². The largest absolute Gasteiger partial charge is 0.304 e. The molecule has 1 aromatic carbocycles. The van der Waals surface area contributed by atoms with Crippen LogP contribution in [0, 0.1) is 5.82 Å². The number of nitrogens with one attached hydrogen (secondary N) is 1. The number of aromatic nitrogens is 2. The van der Waals surface area contributed by atoms with Crippen molar-refractivity contribution in [3.63, 3.8) is 0 Å². The van der Waals surface area contributed by atoms with Crippen molar-refractivity contribution in [3.05, 3.63) is 53.6 Å². The smallest absolute Gasteiger partial charge is 0.127 e. The summed E-state index contributed by atoms with van der Waals surface area (Å²) in [5, 5.41) is 7.48. The second kappa shape index (κ2) is 5.78. The average molecular weight is 247 g/mol. The maximum atomic E-state index is 13.7. The molecule has 0 aliphatic carbocycles. The van der Waals surface area contributed by atoms with Crippen molar-refractivity contribution in [1.29, 1.82) is 0 Å². The third-order valence-electron chi connectivity index (χ3n) is 3.14. The third kappa shape index (κ3) is 2.76. The van der Waals surface area contributed by atoms with Crippen molar-refractivity contribution in [2.24, 2.45) is 7.05 Å². The van der Waals surface area contributed by atoms with Gasteiger partial charge < -0.3 is 5.32 Å². The zero-order valence-electron chi connectivity index (χ0n) is 10.7. The van der Waals surface area contributed by atoms with Crippen LogP contribution in [0.2, 0.25) is 0 Å². The molecule has 1 aromatic heterocycles. The molecule has 0 spiro atoms. The Balaban J connectivity index is 2.07. The molecule has 0 amide bonds. The summed E-state index contributed by atoms with van der Waals surface area (Å²) in [6.45, 7) is 2.73. The normalized spacial score (nSPS) is 12.6. The van der Waals surface area contributed by atoms with Crippen LogP contribution in [0.25, 0.3) is 0 Å². The van der Waals surface area contributed by atoms with Gasteiger partial charge in [-0.05, 0) is 18.6 Å². The first kappa shape index (κ1) is 12.8. The van der Waals surface area contributed by atoms with Gasteiger partial charge >= 0.3 is 0 Å². The van der Waals surface area contributed by atoms with E-state index in [0.717, 1.165) is 17.7 Å². The fourth-order valence-electron chi connectivity index (χ4n) is 2.03. The summed E-state index contributed by atoms with van der Waals surface area (Å²) in [5.74, 6) is -0.151. The van der Waals surface area contributed by atoms with Gasteiger partial charge in [0.05, 0.1) is 5.69 Å². The van der Waals surface area contributed by atoms with E-state index in [1.54, 1.807) is 12.3 Å². The van der Waals surface area contributed by atoms with E-state index in [9.17, 15) is 4.39 Å². The molecule has 0 fully saturated rings. The third-order valence-corrected chi connectivity index (χ3v) is 3.14. The maximum Gasteiger partial charge on any atom is 0.127 e. The Bertz CT molecular complexity index is 507. The van der Waals surface area contributed by atoms with Gasteiger partial charge in [-0.25, -0.2) is 4.39 Å². The molecule has 0 radical (unpaired) electrons. The Morgan fingerprint density at radius 1 is 1.33 bits per heavy atom. The quantitative estimate of drug-likeness (QED) is 0.880. The van der Waals surface area contributed by atoms with Crippen molar-refractivity contribution in [2.75, 3.05) is 0 Å². The van der Waals surface area contributed by atoms with E-state index in [4.69, 9.17) is 0 Å². The molecule has 0 saturated carbocycles. The summed E-state index contributed by atoms with van der Waals surface area (Å²) in [6.07, 6.45) is 2.61. The van der Waals surface area contributed by atoms with Gasteiger partial charge in [-0.2, -0.15) is 5.10 Å². The van der Waals surface area contributed by atoms with Gasteiger partial charge in [-0.1, -0.05) is 25.1 Å². The van der Waals surface area contributed by atoms with Crippen LogP contribution in [-0.4, -0.2) is 9.78 Å². The summed E-state index contributed by atoms with van der Waals surface area (Å²) in [6, 6.07) is 8.91. The van der Waals surface area contributed by atoms with Crippen LogP contribution in [0.5, 0.6) is 0 Å². The summed E-state index contributed by atoms with van der Waals surface area (Å²) in [4.78, 5) is 0. The van der Waals surface area contributed by atoms with Crippen molar-refractivity contribution < 1.29 is 4.39 Å². The van der Waals surface area contributed by atoms with Gasteiger partial charge in [0.25, 0.3) is 0 Å². The number of rotatable bonds is 5. The number of halogens is 1. The second-order valence-corrected chi connectivity index (χ2v) is 4.31. The van der Waals surface area contributed by atoms with Crippen LogP contribution in [0.1, 0.15) is 30.6 Å². The Morgan fingerprint density at radius 2 is 2.11 bits per heavy atom. The first-order chi connectivity index (χ1) is 8.72. The lowest BCUT2D eigenvalue weighted by Gasteiger charge is -2.18. The van der Waals surface area contributed by atoms with E-state index >= 15 is 0 Å². The molecule has 1 N–H and O–H groups in total. The predicted octanol–water partition coefficient (Wildman–Crippen LogP) is 2.80. The molecule has 3 nitrogen and oxygen atoms in total. The van der Waals surface area contributed by atoms with E-state index < -0.39 is 0 Å². The Labute approximate surface area is 107 Å². The maximum absolute atomic E-state index is 13.7. The van der Waals surface area contributed by atoms with Gasteiger partial charge in [0.15, 0.2) is 0 Å². The fraction of sp³-hybridized carbons (Fsp3) is 0.357. The molecular weight excluding hydrogens is 229 g/mol. The zero-order chi connectivity index (χ0) is 13.0. The molecule has 4 heteroatoms. The van der Waals surface area contributed by atoms with Crippen molar-refractivity contribution >= 4 is 0 Å². The molecule has 2 aromatic rings. The lowest BCUT2D eigenvalue weighted by molar-refractivity contribution is 0.477. The molecule has 0 saturated heterocycles. The molecule has 1 heterocycles. The van der Waals surface area contributed by atoms with E-state index in [2.05, 4.69) is 10.4 Å². The zero-order valence-corrected chi connectivity index (χ0v) is 10.7. The summed E-state index contributed by atoms with van der Waals surface area (Å²) < 4.78 is 15.5. The van der Waals surface area contributed by atoms with Crippen LogP contribution in [0.15, 0.2) is 36.5 Å². The molecule has 0 unspecified atom stereocenters. The van der Waals surface area contributed by atoms with Gasteiger partial charge in [-0.3, -0.25) is 4.68 Å². The highest BCUT2D eigenvalue weighted by Gasteiger charge is 2.13. The number of hydrogen-bond acceptors (Lipinski definition) is 2. The van der Waals surface area contributed by atoms with E-state index in [1.807, 2.05) is 36.9 Å². The minimum Gasteiger partial charge on any atom is -0.304 e. The van der Waals surface area contributed by atoms with Crippen molar-refractivity contribution in [1.82, 2.24) is 15.1 Å². The highest BCUT2D eigenvalue weighted by atomic mass is 19.1. The van der Waals surface area contributed by atoms with Crippen LogP contribution >= 0.6 is 0 Å². The Kier molecular flexibility index (Phi) is 4.10. The van der Waals surface area contributed by atoms with Gasteiger partial charge in [0.2, 0.25) is 0 Å². The number of aryl methyl sites for hydroxylation is 1. The molecule has 2 rings (SSSR count). The molecule has 1 atom stereocenters.